The first-order valence-electron chi connectivity index (χ1n) is 4.96. The number of hydrogen-bond donors (Lipinski definition) is 1. The van der Waals surface area contributed by atoms with Crippen LogP contribution >= 0.6 is 27.3 Å². The Bertz CT molecular complexity index is 484. The molecule has 84 valence electrons. The second kappa shape index (κ2) is 4.93. The lowest BCUT2D eigenvalue weighted by Gasteiger charge is -2.13. The number of aryl methyl sites for hydroxylation is 1. The third-order valence-electron chi connectivity index (χ3n) is 2.24. The monoisotopic (exact) mass is 297 g/mol. The molecule has 0 saturated heterocycles. The van der Waals surface area contributed by atoms with Crippen molar-refractivity contribution in [3.05, 3.63) is 39.0 Å². The highest BCUT2D eigenvalue weighted by Crippen LogP contribution is 2.27. The molecule has 0 radical (unpaired) electrons. The van der Waals surface area contributed by atoms with Gasteiger partial charge in [-0.15, -0.1) is 11.3 Å². The van der Waals surface area contributed by atoms with Gasteiger partial charge < -0.3 is 5.32 Å². The molecule has 16 heavy (non-hydrogen) atoms. The number of hydrogen-bond acceptors (Lipinski definition) is 4. The minimum atomic E-state index is 0.194. The topological polar surface area (TPSA) is 37.8 Å². The first-order chi connectivity index (χ1) is 7.66. The quantitative estimate of drug-likeness (QED) is 0.937. The van der Waals surface area contributed by atoms with Crippen LogP contribution in [0.1, 0.15) is 23.7 Å². The van der Waals surface area contributed by atoms with Gasteiger partial charge >= 0.3 is 0 Å². The Morgan fingerprint density at radius 3 is 2.88 bits per heavy atom. The molecule has 0 aliphatic rings. The predicted molar refractivity (Wildman–Crippen MR) is 70.8 cm³/mol. The second-order valence-corrected chi connectivity index (χ2v) is 5.95. The summed E-state index contributed by atoms with van der Waals surface area (Å²) in [6.45, 7) is 4.09. The van der Waals surface area contributed by atoms with Gasteiger partial charge in [-0.25, -0.2) is 4.98 Å². The summed E-state index contributed by atoms with van der Waals surface area (Å²) in [5, 5.41) is 4.47. The lowest BCUT2D eigenvalue weighted by atomic mass is 10.2. The Morgan fingerprint density at radius 2 is 2.25 bits per heavy atom. The van der Waals surface area contributed by atoms with Crippen molar-refractivity contribution < 1.29 is 0 Å². The summed E-state index contributed by atoms with van der Waals surface area (Å²) < 4.78 is 1.05. The zero-order chi connectivity index (χ0) is 11.5. The SMILES string of the molecule is Cc1ncccc1NC(C)c1ncc(Br)s1. The van der Waals surface area contributed by atoms with E-state index < -0.39 is 0 Å². The molecule has 2 aromatic rings. The van der Waals surface area contributed by atoms with Crippen LogP contribution in [0.25, 0.3) is 0 Å². The smallest absolute Gasteiger partial charge is 0.116 e. The molecule has 0 saturated carbocycles. The maximum absolute atomic E-state index is 4.33. The van der Waals surface area contributed by atoms with Crippen LogP contribution in [0, 0.1) is 6.92 Å². The van der Waals surface area contributed by atoms with E-state index in [0.29, 0.717) is 0 Å². The number of nitrogens with one attached hydrogen (secondary N) is 1. The second-order valence-electron chi connectivity index (χ2n) is 3.51. The van der Waals surface area contributed by atoms with E-state index in [-0.39, 0.29) is 6.04 Å². The summed E-state index contributed by atoms with van der Waals surface area (Å²) in [5.74, 6) is 0. The third-order valence-corrected chi connectivity index (χ3v) is 3.90. The minimum absolute atomic E-state index is 0.194. The van der Waals surface area contributed by atoms with Crippen LogP contribution in [0.5, 0.6) is 0 Å². The molecule has 2 aromatic heterocycles. The van der Waals surface area contributed by atoms with Gasteiger partial charge in [0.15, 0.2) is 0 Å². The third kappa shape index (κ3) is 2.59. The Hall–Kier alpha value is -0.940. The highest BCUT2D eigenvalue weighted by molar-refractivity contribution is 9.11. The van der Waals surface area contributed by atoms with Crippen LogP contribution in [0.2, 0.25) is 0 Å². The van der Waals surface area contributed by atoms with Gasteiger partial charge in [0, 0.05) is 6.20 Å². The zero-order valence-corrected chi connectivity index (χ0v) is 11.5. The van der Waals surface area contributed by atoms with Gasteiger partial charge in [-0.1, -0.05) is 0 Å². The summed E-state index contributed by atoms with van der Waals surface area (Å²) in [4.78, 5) is 8.57. The molecule has 0 aliphatic carbocycles. The van der Waals surface area contributed by atoms with Crippen LogP contribution in [0.15, 0.2) is 28.3 Å². The fraction of sp³-hybridized carbons (Fsp3) is 0.273. The number of anilines is 1. The summed E-state index contributed by atoms with van der Waals surface area (Å²) in [6.07, 6.45) is 3.62. The van der Waals surface area contributed by atoms with Crippen molar-refractivity contribution in [2.45, 2.75) is 19.9 Å². The highest BCUT2D eigenvalue weighted by atomic mass is 79.9. The summed E-state index contributed by atoms with van der Waals surface area (Å²) in [7, 11) is 0. The molecule has 1 unspecified atom stereocenters. The molecule has 2 rings (SSSR count). The molecule has 2 heterocycles. The van der Waals surface area contributed by atoms with Crippen LogP contribution in [-0.4, -0.2) is 9.97 Å². The number of thiazole rings is 1. The minimum Gasteiger partial charge on any atom is -0.375 e. The molecule has 0 spiro atoms. The van der Waals surface area contributed by atoms with Crippen LogP contribution in [-0.2, 0) is 0 Å². The van der Waals surface area contributed by atoms with E-state index in [1.165, 1.54) is 0 Å². The van der Waals surface area contributed by atoms with Gasteiger partial charge in [0.1, 0.15) is 5.01 Å². The van der Waals surface area contributed by atoms with Crippen LogP contribution < -0.4 is 5.32 Å². The number of halogens is 1. The van der Waals surface area contributed by atoms with Crippen LogP contribution in [0.4, 0.5) is 5.69 Å². The summed E-state index contributed by atoms with van der Waals surface area (Å²) in [6, 6.07) is 4.15. The first kappa shape index (κ1) is 11.5. The van der Waals surface area contributed by atoms with E-state index in [0.717, 1.165) is 20.2 Å². The average Bonchev–Trinajstić information content (AvgIpc) is 2.68. The van der Waals surface area contributed by atoms with E-state index in [9.17, 15) is 0 Å². The molecule has 1 N–H and O–H groups in total. The number of aromatic nitrogens is 2. The fourth-order valence-electron chi connectivity index (χ4n) is 1.40. The van der Waals surface area contributed by atoms with Crippen molar-refractivity contribution >= 4 is 33.0 Å². The number of rotatable bonds is 3. The molecule has 0 amide bonds. The average molecular weight is 298 g/mol. The van der Waals surface area contributed by atoms with Crippen molar-refractivity contribution in [1.29, 1.82) is 0 Å². The highest BCUT2D eigenvalue weighted by Gasteiger charge is 2.10. The van der Waals surface area contributed by atoms with E-state index in [1.54, 1.807) is 17.5 Å². The Kier molecular flexibility index (Phi) is 3.56. The largest absolute Gasteiger partial charge is 0.375 e. The molecular formula is C11H12BrN3S. The van der Waals surface area contributed by atoms with E-state index >= 15 is 0 Å². The van der Waals surface area contributed by atoms with Crippen molar-refractivity contribution in [3.8, 4) is 0 Å². The normalized spacial score (nSPS) is 12.4. The lowest BCUT2D eigenvalue weighted by molar-refractivity contribution is 0.865. The summed E-state index contributed by atoms with van der Waals surface area (Å²) >= 11 is 5.06. The molecule has 3 nitrogen and oxygen atoms in total. The van der Waals surface area contributed by atoms with Gasteiger partial charge in [-0.05, 0) is 41.9 Å². The van der Waals surface area contributed by atoms with Gasteiger partial charge in [0.2, 0.25) is 0 Å². The molecule has 0 fully saturated rings. The van der Waals surface area contributed by atoms with Crippen molar-refractivity contribution in [1.82, 2.24) is 9.97 Å². The fourth-order valence-corrected chi connectivity index (χ4v) is 2.65. The zero-order valence-electron chi connectivity index (χ0n) is 9.07. The van der Waals surface area contributed by atoms with Crippen molar-refractivity contribution in [3.63, 3.8) is 0 Å². The molecule has 5 heteroatoms. The van der Waals surface area contributed by atoms with Crippen LogP contribution in [0.3, 0.4) is 0 Å². The maximum Gasteiger partial charge on any atom is 0.116 e. The molecule has 1 atom stereocenters. The lowest BCUT2D eigenvalue weighted by Crippen LogP contribution is -2.07. The van der Waals surface area contributed by atoms with Crippen molar-refractivity contribution in [2.24, 2.45) is 0 Å². The van der Waals surface area contributed by atoms with Gasteiger partial charge in [-0.3, -0.25) is 4.98 Å². The summed E-state index contributed by atoms with van der Waals surface area (Å²) in [5.41, 5.74) is 2.06. The van der Waals surface area contributed by atoms with Gasteiger partial charge in [-0.2, -0.15) is 0 Å². The Labute approximate surface area is 107 Å². The molecule has 0 aromatic carbocycles. The molecule has 0 aliphatic heterocycles. The maximum atomic E-state index is 4.33. The Balaban J connectivity index is 2.13. The number of pyridine rings is 1. The van der Waals surface area contributed by atoms with E-state index in [4.69, 9.17) is 0 Å². The first-order valence-corrected chi connectivity index (χ1v) is 6.57. The van der Waals surface area contributed by atoms with E-state index in [1.807, 2.05) is 25.3 Å². The van der Waals surface area contributed by atoms with Crippen molar-refractivity contribution in [2.75, 3.05) is 5.32 Å². The Morgan fingerprint density at radius 1 is 1.44 bits per heavy atom. The standard InChI is InChI=1S/C11H12BrN3S/c1-7-9(4-3-5-13-7)15-8(2)11-14-6-10(12)16-11/h3-6,8,15H,1-2H3. The molecule has 0 bridgehead atoms. The predicted octanol–water partition coefficient (Wildman–Crippen LogP) is 3.78. The number of nitrogens with zero attached hydrogens (tertiary/aromatic N) is 2. The molecular weight excluding hydrogens is 286 g/mol. The van der Waals surface area contributed by atoms with Gasteiger partial charge in [0.25, 0.3) is 0 Å². The van der Waals surface area contributed by atoms with Gasteiger partial charge in [0.05, 0.1) is 27.4 Å². The van der Waals surface area contributed by atoms with E-state index in [2.05, 4.69) is 38.1 Å².